The number of hydrogen-bond acceptors (Lipinski definition) is 4. The number of rotatable bonds is 8. The van der Waals surface area contributed by atoms with E-state index in [2.05, 4.69) is 10.3 Å². The number of carbonyl (C=O) groups is 1. The lowest BCUT2D eigenvalue weighted by Crippen LogP contribution is -2.28. The summed E-state index contributed by atoms with van der Waals surface area (Å²) in [4.78, 5) is 16.0. The van der Waals surface area contributed by atoms with Crippen LogP contribution in [0.4, 0.5) is 10.4 Å². The molecule has 1 unspecified atom stereocenters. The Hall–Kier alpha value is -3.93. The first-order valence-electron chi connectivity index (χ1n) is 10.8. The third-order valence-electron chi connectivity index (χ3n) is 5.51. The lowest BCUT2D eigenvalue weighted by Gasteiger charge is -2.19. The smallest absolute Gasteiger partial charge is 0.305 e. The van der Waals surface area contributed by atoms with E-state index in [-0.39, 0.29) is 30.2 Å². The van der Waals surface area contributed by atoms with Gasteiger partial charge in [-0.25, -0.2) is 4.39 Å². The number of nitrogens with zero attached hydrogens (tertiary/aromatic N) is 1. The molecule has 5 nitrogen and oxygen atoms in total. The van der Waals surface area contributed by atoms with Crippen molar-refractivity contribution < 1.29 is 18.7 Å². The average molecular weight is 445 g/mol. The molecule has 0 aliphatic rings. The molecule has 4 aromatic rings. The monoisotopic (exact) mass is 444 g/mol. The highest BCUT2D eigenvalue weighted by molar-refractivity contribution is 5.79. The van der Waals surface area contributed by atoms with Gasteiger partial charge in [0.2, 0.25) is 0 Å². The van der Waals surface area contributed by atoms with E-state index in [9.17, 15) is 14.3 Å². The summed E-state index contributed by atoms with van der Waals surface area (Å²) in [5.41, 5.74) is 4.27. The second-order valence-corrected chi connectivity index (χ2v) is 8.24. The van der Waals surface area contributed by atoms with Gasteiger partial charge in [0.1, 0.15) is 11.5 Å². The van der Waals surface area contributed by atoms with Gasteiger partial charge in [-0.2, -0.15) is 4.98 Å². The molecule has 168 valence electrons. The van der Waals surface area contributed by atoms with Gasteiger partial charge in [-0.3, -0.25) is 4.79 Å². The molecule has 3 aromatic carbocycles. The molecule has 0 aliphatic heterocycles. The largest absolute Gasteiger partial charge is 0.481 e. The zero-order valence-electron chi connectivity index (χ0n) is 18.5. The van der Waals surface area contributed by atoms with Gasteiger partial charge in [-0.15, -0.1) is 0 Å². The van der Waals surface area contributed by atoms with E-state index < -0.39 is 5.97 Å². The first-order chi connectivity index (χ1) is 15.9. The minimum atomic E-state index is -0.882. The number of nitrogens with one attached hydrogen (secondary N) is 1. The van der Waals surface area contributed by atoms with Crippen LogP contribution < -0.4 is 5.32 Å². The molecule has 1 aromatic heterocycles. The lowest BCUT2D eigenvalue weighted by atomic mass is 10.0. The minimum Gasteiger partial charge on any atom is -0.481 e. The minimum absolute atomic E-state index is 0.0393. The highest BCUT2D eigenvalue weighted by Crippen LogP contribution is 2.35. The fraction of sp³-hybridized carbons (Fsp3) is 0.185. The Labute approximate surface area is 191 Å². The van der Waals surface area contributed by atoms with Crippen molar-refractivity contribution in [2.75, 3.05) is 5.32 Å². The van der Waals surface area contributed by atoms with Gasteiger partial charge in [-0.05, 0) is 29.2 Å². The molecule has 0 saturated carbocycles. The Morgan fingerprint density at radius 2 is 1.48 bits per heavy atom. The molecule has 0 aliphatic carbocycles. The molecule has 0 bridgehead atoms. The number of carboxylic acid groups (broad SMARTS) is 1. The van der Waals surface area contributed by atoms with Gasteiger partial charge < -0.3 is 14.8 Å². The number of aromatic nitrogens is 1. The van der Waals surface area contributed by atoms with Crippen molar-refractivity contribution in [3.05, 3.63) is 84.7 Å². The molecule has 6 heteroatoms. The van der Waals surface area contributed by atoms with E-state index >= 15 is 0 Å². The molecule has 0 saturated heterocycles. The van der Waals surface area contributed by atoms with Crippen molar-refractivity contribution in [3.8, 4) is 33.7 Å². The Morgan fingerprint density at radius 3 is 2.06 bits per heavy atom. The van der Waals surface area contributed by atoms with Crippen LogP contribution in [-0.2, 0) is 4.79 Å². The predicted molar refractivity (Wildman–Crippen MR) is 127 cm³/mol. The fourth-order valence-corrected chi connectivity index (χ4v) is 3.63. The number of hydrogen-bond donors (Lipinski definition) is 2. The summed E-state index contributed by atoms with van der Waals surface area (Å²) in [5, 5.41) is 12.4. The zero-order chi connectivity index (χ0) is 23.4. The number of oxazole rings is 1. The van der Waals surface area contributed by atoms with Crippen LogP contribution in [0.15, 0.2) is 83.3 Å². The molecule has 0 fully saturated rings. The second kappa shape index (κ2) is 9.69. The molecule has 0 spiro atoms. The van der Waals surface area contributed by atoms with Crippen LogP contribution in [0.25, 0.3) is 33.7 Å². The SMILES string of the molecule is CC(C)C(CC(=O)O)Nc1nc(-c2ccc(-c3ccc(F)cc3)cc2)c(-c2ccccc2)o1. The van der Waals surface area contributed by atoms with Crippen LogP contribution in [0.5, 0.6) is 0 Å². The van der Waals surface area contributed by atoms with Gasteiger partial charge in [0.25, 0.3) is 6.01 Å². The van der Waals surface area contributed by atoms with E-state index in [0.717, 1.165) is 22.3 Å². The van der Waals surface area contributed by atoms with E-state index in [1.165, 1.54) is 12.1 Å². The van der Waals surface area contributed by atoms with E-state index in [1.807, 2.05) is 68.4 Å². The molecule has 0 amide bonds. The summed E-state index contributed by atoms with van der Waals surface area (Å²) >= 11 is 0. The van der Waals surface area contributed by atoms with Gasteiger partial charge in [0.05, 0.1) is 6.42 Å². The quantitative estimate of drug-likeness (QED) is 0.315. The summed E-state index contributed by atoms with van der Waals surface area (Å²) < 4.78 is 19.3. The number of anilines is 1. The highest BCUT2D eigenvalue weighted by atomic mass is 19.1. The first kappa shape index (κ1) is 22.3. The fourth-order valence-electron chi connectivity index (χ4n) is 3.63. The van der Waals surface area contributed by atoms with Crippen LogP contribution in [0, 0.1) is 11.7 Å². The standard InChI is InChI=1S/C27H25FN2O3/c1-17(2)23(16-24(31)32)29-27-30-25(26(33-27)21-6-4-3-5-7-21)20-10-8-18(9-11-20)19-12-14-22(28)15-13-19/h3-15,17,23H,16H2,1-2H3,(H,29,30)(H,31,32). The maximum Gasteiger partial charge on any atom is 0.305 e. The van der Waals surface area contributed by atoms with Crippen LogP contribution in [0.1, 0.15) is 20.3 Å². The topological polar surface area (TPSA) is 75.4 Å². The Morgan fingerprint density at radius 1 is 0.909 bits per heavy atom. The molecular formula is C27H25FN2O3. The van der Waals surface area contributed by atoms with Crippen molar-refractivity contribution in [1.29, 1.82) is 0 Å². The predicted octanol–water partition coefficient (Wildman–Crippen LogP) is 6.73. The van der Waals surface area contributed by atoms with Crippen molar-refractivity contribution in [1.82, 2.24) is 4.98 Å². The third-order valence-corrected chi connectivity index (χ3v) is 5.51. The summed E-state index contributed by atoms with van der Waals surface area (Å²) in [6.07, 6.45) is -0.0393. The van der Waals surface area contributed by atoms with E-state index in [1.54, 1.807) is 12.1 Å². The molecule has 1 heterocycles. The molecule has 33 heavy (non-hydrogen) atoms. The van der Waals surface area contributed by atoms with Crippen LogP contribution in [0.3, 0.4) is 0 Å². The van der Waals surface area contributed by atoms with Crippen LogP contribution in [-0.4, -0.2) is 22.1 Å². The number of carboxylic acids is 1. The van der Waals surface area contributed by atoms with Crippen molar-refractivity contribution in [3.63, 3.8) is 0 Å². The Balaban J connectivity index is 1.70. The number of aliphatic carboxylic acids is 1. The van der Waals surface area contributed by atoms with Gasteiger partial charge >= 0.3 is 5.97 Å². The Kier molecular flexibility index (Phi) is 6.54. The highest BCUT2D eigenvalue weighted by Gasteiger charge is 2.22. The summed E-state index contributed by atoms with van der Waals surface area (Å²) in [7, 11) is 0. The molecule has 4 rings (SSSR count). The van der Waals surface area contributed by atoms with Crippen molar-refractivity contribution in [2.24, 2.45) is 5.92 Å². The summed E-state index contributed by atoms with van der Waals surface area (Å²) in [6.45, 7) is 3.91. The molecule has 0 radical (unpaired) electrons. The lowest BCUT2D eigenvalue weighted by molar-refractivity contribution is -0.137. The maximum absolute atomic E-state index is 13.2. The number of halogens is 1. The third kappa shape index (κ3) is 5.29. The Bertz CT molecular complexity index is 1220. The van der Waals surface area contributed by atoms with Crippen LogP contribution >= 0.6 is 0 Å². The average Bonchev–Trinajstić information content (AvgIpc) is 3.23. The second-order valence-electron chi connectivity index (χ2n) is 8.24. The van der Waals surface area contributed by atoms with E-state index in [4.69, 9.17) is 4.42 Å². The van der Waals surface area contributed by atoms with Crippen molar-refractivity contribution >= 4 is 12.0 Å². The van der Waals surface area contributed by atoms with Gasteiger partial charge in [0.15, 0.2) is 5.76 Å². The van der Waals surface area contributed by atoms with Gasteiger partial charge in [0, 0.05) is 17.2 Å². The molecular weight excluding hydrogens is 419 g/mol. The normalized spacial score (nSPS) is 12.0. The molecule has 2 N–H and O–H groups in total. The van der Waals surface area contributed by atoms with Gasteiger partial charge in [-0.1, -0.05) is 80.6 Å². The molecule has 1 atom stereocenters. The number of benzene rings is 3. The zero-order valence-corrected chi connectivity index (χ0v) is 18.5. The maximum atomic E-state index is 13.2. The summed E-state index contributed by atoms with van der Waals surface area (Å²) in [6, 6.07) is 23.8. The van der Waals surface area contributed by atoms with Crippen molar-refractivity contribution in [2.45, 2.75) is 26.3 Å². The first-order valence-corrected chi connectivity index (χ1v) is 10.8. The summed E-state index contributed by atoms with van der Waals surface area (Å²) in [5.74, 6) is -0.474. The van der Waals surface area contributed by atoms with E-state index in [0.29, 0.717) is 11.5 Å². The van der Waals surface area contributed by atoms with Crippen LogP contribution in [0.2, 0.25) is 0 Å².